The number of fused-ring (bicyclic) bond motifs is 1. The first kappa shape index (κ1) is 23.9. The van der Waals surface area contributed by atoms with Crippen LogP contribution in [-0.2, 0) is 10.0 Å². The van der Waals surface area contributed by atoms with Crippen LogP contribution in [0.2, 0.25) is 5.02 Å². The molecule has 0 aromatic heterocycles. The molecule has 0 radical (unpaired) electrons. The number of rotatable bonds is 8. The van der Waals surface area contributed by atoms with Crippen LogP contribution in [0.25, 0.3) is 0 Å². The highest BCUT2D eigenvalue weighted by atomic mass is 35.5. The molecule has 8 nitrogen and oxygen atoms in total. The van der Waals surface area contributed by atoms with E-state index in [9.17, 15) is 8.42 Å². The van der Waals surface area contributed by atoms with E-state index in [1.54, 1.807) is 24.3 Å². The molecule has 1 N–H and O–H groups in total. The Morgan fingerprint density at radius 1 is 1.09 bits per heavy atom. The highest BCUT2D eigenvalue weighted by molar-refractivity contribution is 7.89. The molecule has 2 aromatic carbocycles. The van der Waals surface area contributed by atoms with Crippen molar-refractivity contribution in [1.29, 1.82) is 0 Å². The van der Waals surface area contributed by atoms with E-state index in [2.05, 4.69) is 9.62 Å². The predicted molar refractivity (Wildman–Crippen MR) is 125 cm³/mol. The van der Waals surface area contributed by atoms with Crippen molar-refractivity contribution in [2.45, 2.75) is 23.8 Å². The quantitative estimate of drug-likeness (QED) is 0.600. The molecule has 33 heavy (non-hydrogen) atoms. The van der Waals surface area contributed by atoms with Crippen LogP contribution in [0.5, 0.6) is 23.0 Å². The summed E-state index contributed by atoms with van der Waals surface area (Å²) in [6, 6.07) is 10.1. The van der Waals surface area contributed by atoms with Gasteiger partial charge in [0.05, 0.1) is 14.2 Å². The third-order valence-corrected chi connectivity index (χ3v) is 7.70. The topological polar surface area (TPSA) is 86.3 Å². The molecule has 0 saturated carbocycles. The smallest absolute Gasteiger partial charge is 0.244 e. The summed E-state index contributed by atoms with van der Waals surface area (Å²) in [5, 5.41) is 0.618. The second-order valence-electron chi connectivity index (χ2n) is 8.25. The number of halogens is 1. The van der Waals surface area contributed by atoms with Gasteiger partial charge in [-0.2, -0.15) is 0 Å². The first-order chi connectivity index (χ1) is 15.9. The average molecular weight is 497 g/mol. The van der Waals surface area contributed by atoms with Gasteiger partial charge in [0.2, 0.25) is 10.0 Å². The highest BCUT2D eigenvalue weighted by Crippen LogP contribution is 2.34. The maximum Gasteiger partial charge on any atom is 0.244 e. The molecule has 10 heteroatoms. The number of methoxy groups -OCH3 is 2. The minimum absolute atomic E-state index is 0.0634. The second kappa shape index (κ2) is 10.4. The van der Waals surface area contributed by atoms with Crippen LogP contribution in [0.15, 0.2) is 41.3 Å². The van der Waals surface area contributed by atoms with Crippen molar-refractivity contribution >= 4 is 21.6 Å². The van der Waals surface area contributed by atoms with Gasteiger partial charge in [-0.1, -0.05) is 11.6 Å². The van der Waals surface area contributed by atoms with Gasteiger partial charge in [0.1, 0.15) is 29.1 Å². The molecule has 1 atom stereocenters. The summed E-state index contributed by atoms with van der Waals surface area (Å²) in [6.45, 7) is 3.38. The standard InChI is InChI=1S/C23H29ClN2O6S/c1-29-18-4-6-21(30-2)23(12-18)33(27,28)25-13-16-7-9-26(10-8-16)14-19-15-31-20-5-3-17(24)11-22(20)32-19/h3-6,11-12,16,19,25H,7-10,13-15H2,1-2H3/t19-/m0/s1. The fraction of sp³-hybridized carbons (Fsp3) is 0.478. The summed E-state index contributed by atoms with van der Waals surface area (Å²) in [7, 11) is -0.772. The first-order valence-electron chi connectivity index (χ1n) is 10.9. The number of likely N-dealkylation sites (tertiary alicyclic amines) is 1. The number of piperidine rings is 1. The molecule has 2 heterocycles. The lowest BCUT2D eigenvalue weighted by Crippen LogP contribution is -2.45. The molecular weight excluding hydrogens is 468 g/mol. The van der Waals surface area contributed by atoms with E-state index in [1.165, 1.54) is 20.3 Å². The van der Waals surface area contributed by atoms with Crippen molar-refractivity contribution in [2.24, 2.45) is 5.92 Å². The third kappa shape index (κ3) is 5.84. The molecule has 0 aliphatic carbocycles. The summed E-state index contributed by atoms with van der Waals surface area (Å²) in [4.78, 5) is 2.41. The normalized spacial score (nSPS) is 19.3. The van der Waals surface area contributed by atoms with E-state index in [0.717, 1.165) is 32.5 Å². The number of nitrogens with one attached hydrogen (secondary N) is 1. The van der Waals surface area contributed by atoms with Gasteiger partial charge < -0.3 is 18.9 Å². The Bertz CT molecular complexity index is 1070. The van der Waals surface area contributed by atoms with Crippen LogP contribution in [-0.4, -0.2) is 66.4 Å². The lowest BCUT2D eigenvalue weighted by molar-refractivity contribution is 0.0481. The largest absolute Gasteiger partial charge is 0.497 e. The van der Waals surface area contributed by atoms with E-state index in [-0.39, 0.29) is 22.7 Å². The lowest BCUT2D eigenvalue weighted by Gasteiger charge is -2.35. The van der Waals surface area contributed by atoms with E-state index in [4.69, 9.17) is 30.5 Å². The van der Waals surface area contributed by atoms with Crippen LogP contribution in [0.4, 0.5) is 0 Å². The van der Waals surface area contributed by atoms with Gasteiger partial charge in [0.25, 0.3) is 0 Å². The summed E-state index contributed by atoms with van der Waals surface area (Å²) in [5.41, 5.74) is 0. The number of hydrogen-bond acceptors (Lipinski definition) is 7. The molecule has 0 amide bonds. The Morgan fingerprint density at radius 3 is 2.61 bits per heavy atom. The molecule has 0 unspecified atom stereocenters. The van der Waals surface area contributed by atoms with E-state index in [1.807, 2.05) is 6.07 Å². The Morgan fingerprint density at radius 2 is 1.88 bits per heavy atom. The van der Waals surface area contributed by atoms with E-state index < -0.39 is 10.0 Å². The first-order valence-corrected chi connectivity index (χ1v) is 12.8. The minimum atomic E-state index is -3.72. The average Bonchev–Trinajstić information content (AvgIpc) is 2.83. The number of ether oxygens (including phenoxy) is 4. The van der Waals surface area contributed by atoms with Crippen molar-refractivity contribution in [3.8, 4) is 23.0 Å². The van der Waals surface area contributed by atoms with Crippen LogP contribution in [0.3, 0.4) is 0 Å². The molecule has 2 aliphatic heterocycles. The number of hydrogen-bond donors (Lipinski definition) is 1. The fourth-order valence-corrected chi connectivity index (χ4v) is 5.60. The van der Waals surface area contributed by atoms with Gasteiger partial charge in [0, 0.05) is 30.2 Å². The summed E-state index contributed by atoms with van der Waals surface area (Å²) >= 11 is 6.06. The van der Waals surface area contributed by atoms with Crippen LogP contribution >= 0.6 is 11.6 Å². The van der Waals surface area contributed by atoms with Crippen LogP contribution in [0.1, 0.15) is 12.8 Å². The summed E-state index contributed by atoms with van der Waals surface area (Å²) < 4.78 is 50.8. The lowest BCUT2D eigenvalue weighted by atomic mass is 9.97. The van der Waals surface area contributed by atoms with E-state index >= 15 is 0 Å². The Balaban J connectivity index is 1.27. The van der Waals surface area contributed by atoms with Crippen molar-refractivity contribution < 1.29 is 27.4 Å². The minimum Gasteiger partial charge on any atom is -0.497 e. The van der Waals surface area contributed by atoms with Crippen molar-refractivity contribution in [1.82, 2.24) is 9.62 Å². The van der Waals surface area contributed by atoms with Crippen molar-refractivity contribution in [3.63, 3.8) is 0 Å². The zero-order valence-corrected chi connectivity index (χ0v) is 20.3. The van der Waals surface area contributed by atoms with Gasteiger partial charge in [-0.3, -0.25) is 4.90 Å². The molecule has 180 valence electrons. The van der Waals surface area contributed by atoms with Gasteiger partial charge in [-0.05, 0) is 56.1 Å². The molecular formula is C23H29ClN2O6S. The molecule has 0 bridgehead atoms. The molecule has 2 aliphatic rings. The predicted octanol–water partition coefficient (Wildman–Crippen LogP) is 3.19. The monoisotopic (exact) mass is 496 g/mol. The Labute approximate surface area is 199 Å². The zero-order valence-electron chi connectivity index (χ0n) is 18.8. The number of sulfonamides is 1. The van der Waals surface area contributed by atoms with Crippen LogP contribution in [0, 0.1) is 5.92 Å². The maximum absolute atomic E-state index is 12.9. The van der Waals surface area contributed by atoms with Gasteiger partial charge >= 0.3 is 0 Å². The second-order valence-corrected chi connectivity index (χ2v) is 10.4. The Hall–Kier alpha value is -2.20. The van der Waals surface area contributed by atoms with Gasteiger partial charge in [-0.15, -0.1) is 0 Å². The summed E-state index contributed by atoms with van der Waals surface area (Å²) in [6.07, 6.45) is 1.73. The molecule has 2 aromatic rings. The summed E-state index contributed by atoms with van der Waals surface area (Å²) in [5.74, 6) is 2.40. The number of nitrogens with zero attached hydrogens (tertiary/aromatic N) is 1. The Kier molecular flexibility index (Phi) is 7.53. The van der Waals surface area contributed by atoms with Gasteiger partial charge in [-0.25, -0.2) is 13.1 Å². The SMILES string of the molecule is COc1ccc(OC)c(S(=O)(=O)NCC2CCN(C[C@H]3COc4ccc(Cl)cc4O3)CC2)c1. The zero-order chi connectivity index (χ0) is 23.4. The number of benzene rings is 2. The molecule has 0 spiro atoms. The van der Waals surface area contributed by atoms with Crippen LogP contribution < -0.4 is 23.7 Å². The maximum atomic E-state index is 12.9. The molecule has 1 saturated heterocycles. The van der Waals surface area contributed by atoms with Crippen molar-refractivity contribution in [2.75, 3.05) is 47.0 Å². The van der Waals surface area contributed by atoms with Crippen molar-refractivity contribution in [3.05, 3.63) is 41.4 Å². The van der Waals surface area contributed by atoms with E-state index in [0.29, 0.717) is 35.4 Å². The third-order valence-electron chi connectivity index (χ3n) is 6.02. The molecule has 4 rings (SSSR count). The van der Waals surface area contributed by atoms with Gasteiger partial charge in [0.15, 0.2) is 11.5 Å². The fourth-order valence-electron chi connectivity index (χ4n) is 4.14. The highest BCUT2D eigenvalue weighted by Gasteiger charge is 2.28. The molecule has 1 fully saturated rings.